The van der Waals surface area contributed by atoms with Gasteiger partial charge in [-0.15, -0.1) is 0 Å². The zero-order valence-corrected chi connectivity index (χ0v) is 11.6. The first-order valence-electron chi connectivity index (χ1n) is 7.32. The Hall–Kier alpha value is -1.32. The topological polar surface area (TPSA) is 39.9 Å². The summed E-state index contributed by atoms with van der Waals surface area (Å²) in [6.45, 7) is 6.76. The fourth-order valence-electron chi connectivity index (χ4n) is 3.07. The second kappa shape index (κ2) is 5.76. The molecule has 1 unspecified atom stereocenters. The first-order chi connectivity index (χ1) is 9.34. The first kappa shape index (κ1) is 12.7. The number of hydrogen-bond acceptors (Lipinski definition) is 2. The molecule has 3 rings (SSSR count). The molecule has 1 atom stereocenters. The predicted molar refractivity (Wildman–Crippen MR) is 80.6 cm³/mol. The number of aromatic amines is 1. The fraction of sp³-hybridized carbons (Fsp3) is 0.500. The van der Waals surface area contributed by atoms with E-state index in [0.717, 1.165) is 25.4 Å². The van der Waals surface area contributed by atoms with Crippen LogP contribution in [-0.2, 0) is 6.42 Å². The van der Waals surface area contributed by atoms with Crippen LogP contribution in [0.15, 0.2) is 24.3 Å². The number of fused-ring (bicyclic) bond motifs is 1. The number of benzene rings is 1. The van der Waals surface area contributed by atoms with E-state index in [1.54, 1.807) is 0 Å². The van der Waals surface area contributed by atoms with Crippen LogP contribution in [0.25, 0.3) is 10.9 Å². The molecular formula is C16H23N3. The number of aromatic nitrogens is 1. The van der Waals surface area contributed by atoms with Crippen molar-refractivity contribution in [3.8, 4) is 0 Å². The van der Waals surface area contributed by atoms with Crippen LogP contribution in [0.4, 0.5) is 0 Å². The van der Waals surface area contributed by atoms with Crippen molar-refractivity contribution in [2.24, 2.45) is 5.92 Å². The summed E-state index contributed by atoms with van der Waals surface area (Å²) < 4.78 is 0. The minimum absolute atomic E-state index is 0.823. The van der Waals surface area contributed by atoms with E-state index in [9.17, 15) is 0 Å². The van der Waals surface area contributed by atoms with E-state index < -0.39 is 0 Å². The molecule has 0 saturated carbocycles. The Kier molecular flexibility index (Phi) is 3.85. The normalized spacial score (nSPS) is 19.3. The van der Waals surface area contributed by atoms with Crippen molar-refractivity contribution in [3.63, 3.8) is 0 Å². The third kappa shape index (κ3) is 2.82. The number of nitrogens with one attached hydrogen (secondary N) is 3. The van der Waals surface area contributed by atoms with Crippen LogP contribution >= 0.6 is 0 Å². The van der Waals surface area contributed by atoms with Gasteiger partial charge in [0.2, 0.25) is 0 Å². The van der Waals surface area contributed by atoms with Gasteiger partial charge in [0.25, 0.3) is 0 Å². The highest BCUT2D eigenvalue weighted by Gasteiger charge is 2.13. The first-order valence-corrected chi connectivity index (χ1v) is 7.32. The monoisotopic (exact) mass is 257 g/mol. The van der Waals surface area contributed by atoms with Gasteiger partial charge >= 0.3 is 0 Å². The average molecular weight is 257 g/mol. The molecule has 3 nitrogen and oxygen atoms in total. The number of H-pyrrole nitrogens is 1. The smallest absolute Gasteiger partial charge is 0.0458 e. The average Bonchev–Trinajstić information content (AvgIpc) is 3.02. The van der Waals surface area contributed by atoms with Crippen molar-refractivity contribution < 1.29 is 0 Å². The molecule has 0 aliphatic carbocycles. The molecule has 3 heteroatoms. The maximum Gasteiger partial charge on any atom is 0.0458 e. The highest BCUT2D eigenvalue weighted by molar-refractivity contribution is 5.84. The third-order valence-electron chi connectivity index (χ3n) is 4.17. The highest BCUT2D eigenvalue weighted by atomic mass is 14.9. The molecule has 3 N–H and O–H groups in total. The van der Waals surface area contributed by atoms with Gasteiger partial charge in [-0.2, -0.15) is 0 Å². The minimum Gasteiger partial charge on any atom is -0.358 e. The van der Waals surface area contributed by atoms with E-state index in [4.69, 9.17) is 0 Å². The maximum absolute atomic E-state index is 3.60. The number of para-hydroxylation sites is 1. The van der Waals surface area contributed by atoms with Crippen molar-refractivity contribution in [3.05, 3.63) is 35.5 Å². The standard InChI is InChI=1S/C16H23N3/c1-12-14(15-4-2-3-5-16(15)19-12)7-9-18-11-13-6-8-17-10-13/h2-5,13,17-19H,6-11H2,1H3. The zero-order chi connectivity index (χ0) is 13.1. The van der Waals surface area contributed by atoms with Crippen LogP contribution in [0.1, 0.15) is 17.7 Å². The van der Waals surface area contributed by atoms with Gasteiger partial charge in [0.05, 0.1) is 0 Å². The van der Waals surface area contributed by atoms with Gasteiger partial charge in [-0.25, -0.2) is 0 Å². The number of aryl methyl sites for hydroxylation is 1. The lowest BCUT2D eigenvalue weighted by Crippen LogP contribution is -2.26. The molecule has 0 bridgehead atoms. The summed E-state index contributed by atoms with van der Waals surface area (Å²) in [5, 5.41) is 8.40. The van der Waals surface area contributed by atoms with Crippen LogP contribution in [0.3, 0.4) is 0 Å². The Morgan fingerprint density at radius 3 is 3.05 bits per heavy atom. The summed E-state index contributed by atoms with van der Waals surface area (Å²) in [6.07, 6.45) is 2.43. The Morgan fingerprint density at radius 2 is 2.21 bits per heavy atom. The third-order valence-corrected chi connectivity index (χ3v) is 4.17. The van der Waals surface area contributed by atoms with Crippen LogP contribution in [0.2, 0.25) is 0 Å². The maximum atomic E-state index is 3.60. The van der Waals surface area contributed by atoms with E-state index in [0.29, 0.717) is 0 Å². The molecule has 1 aromatic carbocycles. The molecule has 1 aliphatic heterocycles. The lowest BCUT2D eigenvalue weighted by atomic mass is 10.1. The predicted octanol–water partition coefficient (Wildman–Crippen LogP) is 2.22. The quantitative estimate of drug-likeness (QED) is 0.719. The van der Waals surface area contributed by atoms with Gasteiger partial charge in [-0.05, 0) is 63.5 Å². The SMILES string of the molecule is Cc1[nH]c2ccccc2c1CCNCC1CCNC1. The molecule has 1 aliphatic rings. The molecule has 1 saturated heterocycles. The van der Waals surface area contributed by atoms with Gasteiger partial charge in [-0.3, -0.25) is 0 Å². The van der Waals surface area contributed by atoms with Gasteiger partial charge in [0.15, 0.2) is 0 Å². The van der Waals surface area contributed by atoms with Crippen LogP contribution in [0, 0.1) is 12.8 Å². The molecule has 102 valence electrons. The molecule has 1 fully saturated rings. The second-order valence-electron chi connectivity index (χ2n) is 5.59. The molecule has 2 aromatic rings. The fourth-order valence-corrected chi connectivity index (χ4v) is 3.07. The molecule has 0 amide bonds. The summed E-state index contributed by atoms with van der Waals surface area (Å²) >= 11 is 0. The summed E-state index contributed by atoms with van der Waals surface area (Å²) in [4.78, 5) is 3.47. The second-order valence-corrected chi connectivity index (χ2v) is 5.59. The minimum atomic E-state index is 0.823. The summed E-state index contributed by atoms with van der Waals surface area (Å²) in [5.41, 5.74) is 4.04. The van der Waals surface area contributed by atoms with Crippen LogP contribution < -0.4 is 10.6 Å². The van der Waals surface area contributed by atoms with Crippen molar-refractivity contribution >= 4 is 10.9 Å². The largest absolute Gasteiger partial charge is 0.358 e. The van der Waals surface area contributed by atoms with Gasteiger partial charge in [0, 0.05) is 16.6 Å². The Labute approximate surface area is 114 Å². The molecule has 1 aromatic heterocycles. The summed E-state index contributed by atoms with van der Waals surface area (Å²) in [6, 6.07) is 8.59. The van der Waals surface area contributed by atoms with E-state index in [1.807, 2.05) is 0 Å². The van der Waals surface area contributed by atoms with Gasteiger partial charge in [0.1, 0.15) is 0 Å². The molecule has 0 spiro atoms. The number of hydrogen-bond donors (Lipinski definition) is 3. The van der Waals surface area contributed by atoms with E-state index in [2.05, 4.69) is 46.8 Å². The van der Waals surface area contributed by atoms with Crippen molar-refractivity contribution in [2.75, 3.05) is 26.2 Å². The van der Waals surface area contributed by atoms with Crippen LogP contribution in [0.5, 0.6) is 0 Å². The van der Waals surface area contributed by atoms with Crippen molar-refractivity contribution in [1.29, 1.82) is 0 Å². The zero-order valence-electron chi connectivity index (χ0n) is 11.6. The van der Waals surface area contributed by atoms with Crippen LogP contribution in [-0.4, -0.2) is 31.2 Å². The molecule has 0 radical (unpaired) electrons. The van der Waals surface area contributed by atoms with Gasteiger partial charge in [-0.1, -0.05) is 18.2 Å². The lowest BCUT2D eigenvalue weighted by molar-refractivity contribution is 0.515. The molecule has 2 heterocycles. The van der Waals surface area contributed by atoms with E-state index in [1.165, 1.54) is 41.7 Å². The number of rotatable bonds is 5. The summed E-state index contributed by atoms with van der Waals surface area (Å²) in [5.74, 6) is 0.823. The van der Waals surface area contributed by atoms with E-state index in [-0.39, 0.29) is 0 Å². The van der Waals surface area contributed by atoms with Crippen molar-refractivity contribution in [1.82, 2.24) is 15.6 Å². The highest BCUT2D eigenvalue weighted by Crippen LogP contribution is 2.21. The summed E-state index contributed by atoms with van der Waals surface area (Å²) in [7, 11) is 0. The molecular weight excluding hydrogens is 234 g/mol. The lowest BCUT2D eigenvalue weighted by Gasteiger charge is -2.10. The van der Waals surface area contributed by atoms with E-state index >= 15 is 0 Å². The Bertz CT molecular complexity index is 538. The Morgan fingerprint density at radius 1 is 1.32 bits per heavy atom. The molecule has 19 heavy (non-hydrogen) atoms. The Balaban J connectivity index is 1.57. The van der Waals surface area contributed by atoms with Crippen molar-refractivity contribution in [2.45, 2.75) is 19.8 Å². The van der Waals surface area contributed by atoms with Gasteiger partial charge < -0.3 is 15.6 Å².